The van der Waals surface area contributed by atoms with Gasteiger partial charge in [0.05, 0.1) is 0 Å². The van der Waals surface area contributed by atoms with Crippen molar-refractivity contribution in [1.29, 1.82) is 0 Å². The smallest absolute Gasteiger partial charge is 0.238 e. The first-order chi connectivity index (χ1) is 4.80. The standard InChI is InChI=1S/C7H12ClNO/c8-6-4-2-1-3-5-9-7(6)10/h6H,1-5H2,(H,9,10)/t6-/m0/s1. The molecule has 1 amide bonds. The minimum atomic E-state index is -0.291. The van der Waals surface area contributed by atoms with E-state index in [4.69, 9.17) is 11.6 Å². The Morgan fingerprint density at radius 3 is 3.00 bits per heavy atom. The van der Waals surface area contributed by atoms with Gasteiger partial charge in [0.1, 0.15) is 5.38 Å². The van der Waals surface area contributed by atoms with E-state index >= 15 is 0 Å². The fourth-order valence-electron chi connectivity index (χ4n) is 1.08. The van der Waals surface area contributed by atoms with Crippen LogP contribution in [-0.4, -0.2) is 17.8 Å². The highest BCUT2D eigenvalue weighted by Gasteiger charge is 2.15. The summed E-state index contributed by atoms with van der Waals surface area (Å²) in [5.41, 5.74) is 0. The molecule has 0 bridgehead atoms. The molecule has 2 nitrogen and oxygen atoms in total. The summed E-state index contributed by atoms with van der Waals surface area (Å²) in [6, 6.07) is 0. The molecule has 1 atom stereocenters. The van der Waals surface area contributed by atoms with Gasteiger partial charge in [-0.15, -0.1) is 11.6 Å². The van der Waals surface area contributed by atoms with Crippen LogP contribution in [0.1, 0.15) is 25.7 Å². The quantitative estimate of drug-likeness (QED) is 0.533. The van der Waals surface area contributed by atoms with Crippen LogP contribution in [0.25, 0.3) is 0 Å². The van der Waals surface area contributed by atoms with E-state index < -0.39 is 0 Å². The lowest BCUT2D eigenvalue weighted by Gasteiger charge is -2.13. The topological polar surface area (TPSA) is 29.1 Å². The summed E-state index contributed by atoms with van der Waals surface area (Å²) in [6.45, 7) is 0.794. The van der Waals surface area contributed by atoms with E-state index in [9.17, 15) is 4.79 Å². The first kappa shape index (κ1) is 7.86. The van der Waals surface area contributed by atoms with E-state index in [1.165, 1.54) is 6.42 Å². The summed E-state index contributed by atoms with van der Waals surface area (Å²) in [6.07, 6.45) is 4.19. The zero-order valence-corrected chi connectivity index (χ0v) is 6.66. The van der Waals surface area contributed by atoms with Gasteiger partial charge in [0.25, 0.3) is 0 Å². The lowest BCUT2D eigenvalue weighted by atomic mass is 10.1. The number of amides is 1. The molecule has 0 aliphatic carbocycles. The molecular formula is C7H12ClNO. The van der Waals surface area contributed by atoms with Crippen LogP contribution in [0.2, 0.25) is 0 Å². The maximum atomic E-state index is 10.9. The molecule has 1 saturated heterocycles. The van der Waals surface area contributed by atoms with Crippen molar-refractivity contribution in [3.63, 3.8) is 0 Å². The number of carbonyl (C=O) groups is 1. The normalized spacial score (nSPS) is 28.5. The van der Waals surface area contributed by atoms with E-state index in [1.807, 2.05) is 0 Å². The molecule has 1 aliphatic rings. The lowest BCUT2D eigenvalue weighted by Crippen LogP contribution is -2.33. The minimum Gasteiger partial charge on any atom is -0.355 e. The second kappa shape index (κ2) is 3.81. The van der Waals surface area contributed by atoms with E-state index in [1.54, 1.807) is 0 Å². The van der Waals surface area contributed by atoms with Crippen molar-refractivity contribution in [2.75, 3.05) is 6.54 Å². The number of hydrogen-bond donors (Lipinski definition) is 1. The molecule has 1 aliphatic heterocycles. The number of hydrogen-bond acceptors (Lipinski definition) is 1. The van der Waals surface area contributed by atoms with Gasteiger partial charge in [-0.05, 0) is 12.8 Å². The summed E-state index contributed by atoms with van der Waals surface area (Å²) in [7, 11) is 0. The van der Waals surface area contributed by atoms with Gasteiger partial charge in [0.2, 0.25) is 5.91 Å². The Hall–Kier alpha value is -0.240. The molecular weight excluding hydrogens is 150 g/mol. The van der Waals surface area contributed by atoms with Crippen molar-refractivity contribution in [2.45, 2.75) is 31.1 Å². The van der Waals surface area contributed by atoms with Gasteiger partial charge in [0.15, 0.2) is 0 Å². The van der Waals surface area contributed by atoms with E-state index in [0.29, 0.717) is 0 Å². The van der Waals surface area contributed by atoms with Crippen LogP contribution >= 0.6 is 11.6 Å². The average molecular weight is 162 g/mol. The Labute approximate surface area is 65.9 Å². The van der Waals surface area contributed by atoms with E-state index in [2.05, 4.69) is 5.32 Å². The third-order valence-electron chi connectivity index (χ3n) is 1.72. The van der Waals surface area contributed by atoms with Crippen molar-refractivity contribution in [3.8, 4) is 0 Å². The van der Waals surface area contributed by atoms with Crippen molar-refractivity contribution >= 4 is 17.5 Å². The van der Waals surface area contributed by atoms with Crippen LogP contribution in [0.5, 0.6) is 0 Å². The van der Waals surface area contributed by atoms with Gasteiger partial charge in [-0.3, -0.25) is 4.79 Å². The molecule has 0 aromatic heterocycles. The Morgan fingerprint density at radius 2 is 2.20 bits per heavy atom. The van der Waals surface area contributed by atoms with Crippen LogP contribution in [-0.2, 0) is 4.79 Å². The summed E-state index contributed by atoms with van der Waals surface area (Å²) < 4.78 is 0. The number of nitrogens with one attached hydrogen (secondary N) is 1. The van der Waals surface area contributed by atoms with Crippen LogP contribution in [0.3, 0.4) is 0 Å². The molecule has 3 heteroatoms. The number of alkyl halides is 1. The molecule has 0 spiro atoms. The SMILES string of the molecule is O=C1NCCCCC[C@@H]1Cl. The summed E-state index contributed by atoms with van der Waals surface area (Å²) >= 11 is 5.73. The highest BCUT2D eigenvalue weighted by molar-refractivity contribution is 6.30. The van der Waals surface area contributed by atoms with Gasteiger partial charge < -0.3 is 5.32 Å². The molecule has 0 aromatic rings. The van der Waals surface area contributed by atoms with Crippen molar-refractivity contribution in [3.05, 3.63) is 0 Å². The fourth-order valence-corrected chi connectivity index (χ4v) is 1.31. The van der Waals surface area contributed by atoms with E-state index in [0.717, 1.165) is 25.8 Å². The molecule has 0 radical (unpaired) electrons. The lowest BCUT2D eigenvalue weighted by molar-refractivity contribution is -0.121. The Morgan fingerprint density at radius 1 is 1.40 bits per heavy atom. The van der Waals surface area contributed by atoms with Crippen molar-refractivity contribution in [2.24, 2.45) is 0 Å². The zero-order chi connectivity index (χ0) is 7.40. The molecule has 0 aromatic carbocycles. The Bertz CT molecular complexity index is 127. The minimum absolute atomic E-state index is 0.00127. The third-order valence-corrected chi connectivity index (χ3v) is 2.13. The third kappa shape index (κ3) is 2.18. The van der Waals surface area contributed by atoms with Crippen molar-refractivity contribution in [1.82, 2.24) is 5.32 Å². The summed E-state index contributed by atoms with van der Waals surface area (Å²) in [4.78, 5) is 10.9. The highest BCUT2D eigenvalue weighted by atomic mass is 35.5. The largest absolute Gasteiger partial charge is 0.355 e. The molecule has 1 N–H and O–H groups in total. The predicted molar refractivity (Wildman–Crippen MR) is 41.1 cm³/mol. The van der Waals surface area contributed by atoms with Crippen LogP contribution in [0, 0.1) is 0 Å². The molecule has 0 unspecified atom stereocenters. The molecule has 1 heterocycles. The second-order valence-electron chi connectivity index (χ2n) is 2.61. The van der Waals surface area contributed by atoms with E-state index in [-0.39, 0.29) is 11.3 Å². The highest BCUT2D eigenvalue weighted by Crippen LogP contribution is 2.11. The predicted octanol–water partition coefficient (Wildman–Crippen LogP) is 1.28. The van der Waals surface area contributed by atoms with Gasteiger partial charge in [0, 0.05) is 6.54 Å². The van der Waals surface area contributed by atoms with Gasteiger partial charge in [-0.25, -0.2) is 0 Å². The Kier molecular flexibility index (Phi) is 3.00. The molecule has 1 fully saturated rings. The van der Waals surface area contributed by atoms with Crippen LogP contribution < -0.4 is 5.32 Å². The van der Waals surface area contributed by atoms with Gasteiger partial charge in [-0.1, -0.05) is 12.8 Å². The number of carbonyl (C=O) groups excluding carboxylic acids is 1. The second-order valence-corrected chi connectivity index (χ2v) is 3.13. The fraction of sp³-hybridized carbons (Fsp3) is 0.857. The molecule has 0 saturated carbocycles. The average Bonchev–Trinajstić information content (AvgIpc) is 1.92. The first-order valence-corrected chi connectivity index (χ1v) is 4.16. The zero-order valence-electron chi connectivity index (χ0n) is 5.90. The van der Waals surface area contributed by atoms with Gasteiger partial charge in [-0.2, -0.15) is 0 Å². The maximum absolute atomic E-state index is 10.9. The van der Waals surface area contributed by atoms with Gasteiger partial charge >= 0.3 is 0 Å². The number of rotatable bonds is 0. The maximum Gasteiger partial charge on any atom is 0.238 e. The molecule has 10 heavy (non-hydrogen) atoms. The summed E-state index contributed by atoms with van der Waals surface area (Å²) in [5.74, 6) is 0.00127. The monoisotopic (exact) mass is 161 g/mol. The summed E-state index contributed by atoms with van der Waals surface area (Å²) in [5, 5.41) is 2.47. The van der Waals surface area contributed by atoms with Crippen LogP contribution in [0.15, 0.2) is 0 Å². The van der Waals surface area contributed by atoms with Crippen LogP contribution in [0.4, 0.5) is 0 Å². The number of halogens is 1. The molecule has 1 rings (SSSR count). The first-order valence-electron chi connectivity index (χ1n) is 3.72. The molecule has 58 valence electrons. The van der Waals surface area contributed by atoms with Crippen molar-refractivity contribution < 1.29 is 4.79 Å². The Balaban J connectivity index is 2.35.